The molecule has 2 rings (SSSR count). The number of allylic oxidation sites excluding steroid dienone is 1. The first-order chi connectivity index (χ1) is 13.8. The number of nitrogens with one attached hydrogen (secondary N) is 1. The molecule has 0 aliphatic carbocycles. The second-order valence-electron chi connectivity index (χ2n) is 6.46. The Kier molecular flexibility index (Phi) is 8.72. The van der Waals surface area contributed by atoms with Crippen molar-refractivity contribution in [2.75, 3.05) is 5.32 Å². The molecule has 2 aromatic carbocycles. The lowest BCUT2D eigenvalue weighted by atomic mass is 9.92. The summed E-state index contributed by atoms with van der Waals surface area (Å²) in [5.74, 6) is -1.17. The van der Waals surface area contributed by atoms with Crippen LogP contribution in [0.25, 0.3) is 0 Å². The zero-order valence-corrected chi connectivity index (χ0v) is 18.8. The van der Waals surface area contributed by atoms with Gasteiger partial charge in [-0.1, -0.05) is 44.9 Å². The van der Waals surface area contributed by atoms with E-state index in [1.165, 1.54) is 6.07 Å². The van der Waals surface area contributed by atoms with E-state index < -0.39 is 18.2 Å². The largest absolute Gasteiger partial charge is 0.508 e. The first kappa shape index (κ1) is 23.0. The fourth-order valence-corrected chi connectivity index (χ4v) is 3.37. The third-order valence-electron chi connectivity index (χ3n) is 4.19. The van der Waals surface area contributed by atoms with E-state index in [-0.39, 0.29) is 11.7 Å². The molecular weight excluding hydrogens is 506 g/mol. The number of carbonyl (C=O) groups excluding carboxylic acids is 1. The van der Waals surface area contributed by atoms with Gasteiger partial charge in [-0.25, -0.2) is 9.59 Å². The van der Waals surface area contributed by atoms with Gasteiger partial charge in [0.2, 0.25) is 0 Å². The fraction of sp³-hybridized carbons (Fsp3) is 0.238. The van der Waals surface area contributed by atoms with Crippen molar-refractivity contribution in [1.82, 2.24) is 0 Å². The zero-order chi connectivity index (χ0) is 21.4. The molecule has 0 radical (unpaired) electrons. The molecule has 0 saturated heterocycles. The van der Waals surface area contributed by atoms with Crippen molar-refractivity contribution in [3.8, 4) is 5.75 Å². The van der Waals surface area contributed by atoms with Gasteiger partial charge < -0.3 is 14.9 Å². The number of halogens is 2. The molecule has 0 aliphatic heterocycles. The third-order valence-corrected chi connectivity index (χ3v) is 5.21. The summed E-state index contributed by atoms with van der Waals surface area (Å²) >= 11 is 6.71. The molecule has 29 heavy (non-hydrogen) atoms. The maximum absolute atomic E-state index is 12.5. The molecule has 3 N–H and O–H groups in total. The standard InChI is InChI=1S/C21H21Br2NO5/c1-13(4-2-3-5-19(26)27)20(17-12-15(23)8-11-18(17)25)29-21(28)24-16-9-6-14(22)7-10-16/h3,5-13,20,25H,2,4H2,1H3,(H,24,28)(H,26,27)/b5-3+/t13-,20-/m1/s1. The van der Waals surface area contributed by atoms with Crippen molar-refractivity contribution in [1.29, 1.82) is 0 Å². The maximum Gasteiger partial charge on any atom is 0.412 e. The monoisotopic (exact) mass is 525 g/mol. The number of hydrogen-bond acceptors (Lipinski definition) is 4. The molecule has 6 nitrogen and oxygen atoms in total. The highest BCUT2D eigenvalue weighted by Crippen LogP contribution is 2.36. The minimum Gasteiger partial charge on any atom is -0.508 e. The number of phenols is 1. The molecule has 2 aromatic rings. The first-order valence-electron chi connectivity index (χ1n) is 8.87. The minimum absolute atomic E-state index is 0.0163. The second kappa shape index (κ2) is 11.0. The van der Waals surface area contributed by atoms with Gasteiger partial charge in [-0.2, -0.15) is 0 Å². The Morgan fingerprint density at radius 2 is 1.79 bits per heavy atom. The number of hydrogen-bond donors (Lipinski definition) is 3. The normalized spacial score (nSPS) is 13.1. The zero-order valence-electron chi connectivity index (χ0n) is 15.6. The summed E-state index contributed by atoms with van der Waals surface area (Å²) in [6.45, 7) is 1.88. The Balaban J connectivity index is 2.17. The van der Waals surface area contributed by atoms with Gasteiger partial charge >= 0.3 is 12.1 Å². The number of amides is 1. The lowest BCUT2D eigenvalue weighted by Gasteiger charge is -2.25. The molecule has 0 saturated carbocycles. The molecule has 0 heterocycles. The van der Waals surface area contributed by atoms with E-state index in [2.05, 4.69) is 37.2 Å². The van der Waals surface area contributed by atoms with E-state index >= 15 is 0 Å². The van der Waals surface area contributed by atoms with Crippen LogP contribution in [0.5, 0.6) is 5.75 Å². The van der Waals surface area contributed by atoms with Crippen molar-refractivity contribution in [3.05, 3.63) is 69.1 Å². The van der Waals surface area contributed by atoms with E-state index in [1.54, 1.807) is 42.5 Å². The number of phenolic OH excluding ortho intramolecular Hbond substituents is 1. The van der Waals surface area contributed by atoms with Gasteiger partial charge in [0.25, 0.3) is 0 Å². The molecule has 2 atom stereocenters. The highest BCUT2D eigenvalue weighted by Gasteiger charge is 2.26. The van der Waals surface area contributed by atoms with Crippen LogP contribution in [0.2, 0.25) is 0 Å². The predicted molar refractivity (Wildman–Crippen MR) is 118 cm³/mol. The van der Waals surface area contributed by atoms with Gasteiger partial charge in [0.1, 0.15) is 11.9 Å². The molecule has 1 amide bonds. The van der Waals surface area contributed by atoms with Crippen molar-refractivity contribution in [2.24, 2.45) is 5.92 Å². The minimum atomic E-state index is -1.01. The number of aromatic hydroxyl groups is 1. The highest BCUT2D eigenvalue weighted by atomic mass is 79.9. The van der Waals surface area contributed by atoms with Gasteiger partial charge in [-0.3, -0.25) is 5.32 Å². The van der Waals surface area contributed by atoms with Crippen LogP contribution in [0, 0.1) is 5.92 Å². The number of aliphatic carboxylic acids is 1. The number of carbonyl (C=O) groups is 2. The molecule has 0 aromatic heterocycles. The molecule has 8 heteroatoms. The Labute approximate surface area is 185 Å². The van der Waals surface area contributed by atoms with E-state index in [9.17, 15) is 14.7 Å². The van der Waals surface area contributed by atoms with Crippen LogP contribution < -0.4 is 5.32 Å². The van der Waals surface area contributed by atoms with Gasteiger partial charge in [0.15, 0.2) is 0 Å². The Hall–Kier alpha value is -2.32. The first-order valence-corrected chi connectivity index (χ1v) is 10.5. The number of ether oxygens (including phenoxy) is 1. The molecular formula is C21H21Br2NO5. The van der Waals surface area contributed by atoms with Crippen LogP contribution in [-0.2, 0) is 9.53 Å². The number of carboxylic acid groups (broad SMARTS) is 1. The van der Waals surface area contributed by atoms with Crippen LogP contribution in [0.15, 0.2) is 63.6 Å². The lowest BCUT2D eigenvalue weighted by Crippen LogP contribution is -2.22. The molecule has 0 unspecified atom stereocenters. The van der Waals surface area contributed by atoms with E-state index in [0.717, 1.165) is 15.0 Å². The number of benzene rings is 2. The molecule has 0 bridgehead atoms. The van der Waals surface area contributed by atoms with Gasteiger partial charge in [0, 0.05) is 26.3 Å². The van der Waals surface area contributed by atoms with Crippen LogP contribution in [0.1, 0.15) is 31.4 Å². The lowest BCUT2D eigenvalue weighted by molar-refractivity contribution is -0.131. The summed E-state index contributed by atoms with van der Waals surface area (Å²) in [6, 6.07) is 12.0. The topological polar surface area (TPSA) is 95.9 Å². The van der Waals surface area contributed by atoms with E-state index in [1.807, 2.05) is 6.92 Å². The summed E-state index contributed by atoms with van der Waals surface area (Å²) in [5, 5.41) is 21.7. The molecule has 0 aliphatic rings. The predicted octanol–water partition coefficient (Wildman–Crippen LogP) is 6.26. The number of rotatable bonds is 8. The van der Waals surface area contributed by atoms with Gasteiger partial charge in [-0.05, 0) is 61.2 Å². The van der Waals surface area contributed by atoms with Crippen molar-refractivity contribution in [2.45, 2.75) is 25.9 Å². The second-order valence-corrected chi connectivity index (χ2v) is 8.29. The number of anilines is 1. The SMILES string of the molecule is C[C@H](CC/C=C/C(=O)O)[C@@H](OC(=O)Nc1ccc(Br)cc1)c1cc(Br)ccc1O. The van der Waals surface area contributed by atoms with E-state index in [4.69, 9.17) is 9.84 Å². The summed E-state index contributed by atoms with van der Waals surface area (Å²) in [7, 11) is 0. The maximum atomic E-state index is 12.5. The van der Waals surface area contributed by atoms with Gasteiger partial charge in [0.05, 0.1) is 0 Å². The summed E-state index contributed by atoms with van der Waals surface area (Å²) in [5.41, 5.74) is 1.05. The van der Waals surface area contributed by atoms with Crippen LogP contribution in [0.3, 0.4) is 0 Å². The van der Waals surface area contributed by atoms with Crippen molar-refractivity contribution in [3.63, 3.8) is 0 Å². The van der Waals surface area contributed by atoms with Crippen molar-refractivity contribution < 1.29 is 24.5 Å². The van der Waals surface area contributed by atoms with Crippen molar-refractivity contribution >= 4 is 49.6 Å². The summed E-state index contributed by atoms with van der Waals surface area (Å²) in [4.78, 5) is 23.1. The molecule has 0 fully saturated rings. The molecule has 0 spiro atoms. The van der Waals surface area contributed by atoms with Crippen LogP contribution in [-0.4, -0.2) is 22.3 Å². The van der Waals surface area contributed by atoms with E-state index in [0.29, 0.717) is 24.1 Å². The third kappa shape index (κ3) is 7.55. The van der Waals surface area contributed by atoms with Gasteiger partial charge in [-0.15, -0.1) is 0 Å². The molecule has 154 valence electrons. The average Bonchev–Trinajstić information content (AvgIpc) is 2.67. The number of carboxylic acids is 1. The quantitative estimate of drug-likeness (QED) is 0.352. The smallest absolute Gasteiger partial charge is 0.412 e. The van der Waals surface area contributed by atoms with Crippen LogP contribution >= 0.6 is 31.9 Å². The van der Waals surface area contributed by atoms with Crippen LogP contribution in [0.4, 0.5) is 10.5 Å². The Bertz CT molecular complexity index is 883. The Morgan fingerprint density at radius 1 is 1.14 bits per heavy atom. The average molecular weight is 527 g/mol. The fourth-order valence-electron chi connectivity index (χ4n) is 2.73. The highest BCUT2D eigenvalue weighted by molar-refractivity contribution is 9.10. The summed E-state index contributed by atoms with van der Waals surface area (Å²) in [6.07, 6.45) is 2.33. The Morgan fingerprint density at radius 3 is 2.45 bits per heavy atom. The summed E-state index contributed by atoms with van der Waals surface area (Å²) < 4.78 is 7.29.